The number of nitrogens with one attached hydrogen (secondary N) is 1. The van der Waals surface area contributed by atoms with Crippen molar-refractivity contribution in [2.75, 3.05) is 5.32 Å². The Morgan fingerprint density at radius 1 is 1.48 bits per heavy atom. The predicted octanol–water partition coefficient (Wildman–Crippen LogP) is 4.19. The van der Waals surface area contributed by atoms with E-state index in [4.69, 9.17) is 0 Å². The van der Waals surface area contributed by atoms with Crippen LogP contribution in [0.15, 0.2) is 34.8 Å². The standard InChI is InChI=1S/C16H14FN3OS2/c17-10-3-4-11-12(15(21)19-16-18-6-14(22)23-16)8-20(13(11)5-10)7-9-1-2-9/h3-6,8-9,22H,1-2,7H2,(H,18,19,21). The molecule has 0 saturated heterocycles. The van der Waals surface area contributed by atoms with Crippen LogP contribution in [0.2, 0.25) is 0 Å². The van der Waals surface area contributed by atoms with Gasteiger partial charge in [0.2, 0.25) is 0 Å². The van der Waals surface area contributed by atoms with E-state index in [9.17, 15) is 9.18 Å². The van der Waals surface area contributed by atoms with Gasteiger partial charge in [-0.05, 0) is 37.0 Å². The zero-order chi connectivity index (χ0) is 16.0. The van der Waals surface area contributed by atoms with Gasteiger partial charge < -0.3 is 4.57 Å². The molecular formula is C16H14FN3OS2. The van der Waals surface area contributed by atoms with Gasteiger partial charge in [0, 0.05) is 18.1 Å². The first kappa shape index (κ1) is 14.7. The lowest BCUT2D eigenvalue weighted by Crippen LogP contribution is -2.11. The average molecular weight is 347 g/mol. The van der Waals surface area contributed by atoms with E-state index >= 15 is 0 Å². The fraction of sp³-hybridized carbons (Fsp3) is 0.250. The van der Waals surface area contributed by atoms with Gasteiger partial charge in [0.1, 0.15) is 5.82 Å². The molecule has 0 aliphatic heterocycles. The number of hydrogen-bond acceptors (Lipinski definition) is 4. The lowest BCUT2D eigenvalue weighted by molar-refractivity contribution is 0.102. The number of amides is 1. The van der Waals surface area contributed by atoms with Gasteiger partial charge in [-0.25, -0.2) is 9.37 Å². The van der Waals surface area contributed by atoms with Crippen molar-refractivity contribution in [1.82, 2.24) is 9.55 Å². The number of thiol groups is 1. The average Bonchev–Trinajstić information content (AvgIpc) is 3.14. The summed E-state index contributed by atoms with van der Waals surface area (Å²) in [6.45, 7) is 0.825. The van der Waals surface area contributed by atoms with Gasteiger partial charge in [0.05, 0.1) is 21.5 Å². The fourth-order valence-electron chi connectivity index (χ4n) is 2.66. The summed E-state index contributed by atoms with van der Waals surface area (Å²) < 4.78 is 16.3. The zero-order valence-electron chi connectivity index (χ0n) is 12.1. The summed E-state index contributed by atoms with van der Waals surface area (Å²) in [4.78, 5) is 16.6. The molecule has 2 heterocycles. The van der Waals surface area contributed by atoms with Crippen molar-refractivity contribution in [3.63, 3.8) is 0 Å². The van der Waals surface area contributed by atoms with E-state index in [0.717, 1.165) is 21.7 Å². The first-order chi connectivity index (χ1) is 11.1. The van der Waals surface area contributed by atoms with Crippen LogP contribution in [-0.2, 0) is 6.54 Å². The lowest BCUT2D eigenvalue weighted by Gasteiger charge is -2.02. The van der Waals surface area contributed by atoms with Crippen molar-refractivity contribution in [2.24, 2.45) is 5.92 Å². The van der Waals surface area contributed by atoms with Gasteiger partial charge in [0.15, 0.2) is 5.13 Å². The van der Waals surface area contributed by atoms with Gasteiger partial charge in [-0.2, -0.15) is 0 Å². The van der Waals surface area contributed by atoms with Crippen LogP contribution in [0.4, 0.5) is 9.52 Å². The number of halogens is 1. The Labute approximate surface area is 141 Å². The molecule has 0 atom stereocenters. The maximum Gasteiger partial charge on any atom is 0.259 e. The molecule has 1 aliphatic carbocycles. The SMILES string of the molecule is O=C(Nc1ncc(S)s1)c1cn(CC2CC2)c2cc(F)ccc12. The molecule has 1 fully saturated rings. The molecule has 2 aromatic heterocycles. The summed E-state index contributed by atoms with van der Waals surface area (Å²) in [6, 6.07) is 4.54. The molecule has 0 radical (unpaired) electrons. The topological polar surface area (TPSA) is 46.9 Å². The molecule has 1 saturated carbocycles. The zero-order valence-corrected chi connectivity index (χ0v) is 13.8. The molecule has 1 N–H and O–H groups in total. The van der Waals surface area contributed by atoms with Crippen LogP contribution in [0.25, 0.3) is 10.9 Å². The van der Waals surface area contributed by atoms with E-state index in [1.54, 1.807) is 12.3 Å². The molecule has 1 amide bonds. The maximum absolute atomic E-state index is 13.6. The van der Waals surface area contributed by atoms with Crippen LogP contribution in [0.1, 0.15) is 23.2 Å². The summed E-state index contributed by atoms with van der Waals surface area (Å²) in [6.07, 6.45) is 5.79. The molecule has 0 bridgehead atoms. The predicted molar refractivity (Wildman–Crippen MR) is 91.9 cm³/mol. The van der Waals surface area contributed by atoms with Crippen molar-refractivity contribution < 1.29 is 9.18 Å². The van der Waals surface area contributed by atoms with Crippen molar-refractivity contribution in [1.29, 1.82) is 0 Å². The maximum atomic E-state index is 13.6. The molecule has 7 heteroatoms. The van der Waals surface area contributed by atoms with Crippen molar-refractivity contribution >= 4 is 45.9 Å². The van der Waals surface area contributed by atoms with Crippen LogP contribution < -0.4 is 5.32 Å². The smallest absolute Gasteiger partial charge is 0.259 e. The summed E-state index contributed by atoms with van der Waals surface area (Å²) in [5, 5.41) is 4.04. The number of aromatic nitrogens is 2. The van der Waals surface area contributed by atoms with Gasteiger partial charge in [-0.3, -0.25) is 10.1 Å². The van der Waals surface area contributed by atoms with Crippen molar-refractivity contribution in [3.05, 3.63) is 42.0 Å². The molecule has 0 unspecified atom stereocenters. The third-order valence-corrected chi connectivity index (χ3v) is 5.06. The summed E-state index contributed by atoms with van der Waals surface area (Å²) >= 11 is 5.49. The Morgan fingerprint density at radius 3 is 3.00 bits per heavy atom. The number of nitrogens with zero attached hydrogens (tertiary/aromatic N) is 2. The van der Waals surface area contributed by atoms with Gasteiger partial charge in [-0.1, -0.05) is 11.3 Å². The third kappa shape index (κ3) is 2.98. The molecule has 3 aromatic rings. The second-order valence-electron chi connectivity index (χ2n) is 5.76. The first-order valence-corrected chi connectivity index (χ1v) is 8.61. The monoisotopic (exact) mass is 347 g/mol. The van der Waals surface area contributed by atoms with Gasteiger partial charge >= 0.3 is 0 Å². The number of carbonyl (C=O) groups is 1. The minimum Gasteiger partial charge on any atom is -0.346 e. The minimum atomic E-state index is -0.292. The number of carbonyl (C=O) groups excluding carboxylic acids is 1. The molecule has 4 nitrogen and oxygen atoms in total. The van der Waals surface area contributed by atoms with Gasteiger partial charge in [0.25, 0.3) is 5.91 Å². The van der Waals surface area contributed by atoms with Crippen LogP contribution in [0, 0.1) is 11.7 Å². The molecule has 23 heavy (non-hydrogen) atoms. The lowest BCUT2D eigenvalue weighted by atomic mass is 10.1. The summed E-state index contributed by atoms with van der Waals surface area (Å²) in [5.41, 5.74) is 1.30. The van der Waals surface area contributed by atoms with E-state index in [1.807, 2.05) is 10.8 Å². The van der Waals surface area contributed by atoms with E-state index in [-0.39, 0.29) is 11.7 Å². The van der Waals surface area contributed by atoms with Crippen LogP contribution in [0.5, 0.6) is 0 Å². The van der Waals surface area contributed by atoms with Crippen LogP contribution in [0.3, 0.4) is 0 Å². The number of rotatable bonds is 4. The minimum absolute atomic E-state index is 0.237. The normalized spacial score (nSPS) is 14.3. The Balaban J connectivity index is 1.71. The third-order valence-electron chi connectivity index (χ3n) is 3.95. The highest BCUT2D eigenvalue weighted by Crippen LogP contribution is 2.33. The van der Waals surface area contributed by atoms with Gasteiger partial charge in [-0.15, -0.1) is 12.6 Å². The summed E-state index contributed by atoms with van der Waals surface area (Å²) in [5.74, 6) is 0.105. The Bertz CT molecular complexity index is 898. The van der Waals surface area contributed by atoms with Crippen molar-refractivity contribution in [3.8, 4) is 0 Å². The quantitative estimate of drug-likeness (QED) is 0.695. The fourth-order valence-corrected chi connectivity index (χ4v) is 3.53. The number of hydrogen-bond donors (Lipinski definition) is 2. The molecule has 4 rings (SSSR count). The molecule has 118 valence electrons. The van der Waals surface area contributed by atoms with E-state index in [1.165, 1.54) is 36.3 Å². The Kier molecular flexibility index (Phi) is 3.61. The molecule has 1 aromatic carbocycles. The van der Waals surface area contributed by atoms with Crippen LogP contribution in [-0.4, -0.2) is 15.5 Å². The highest BCUT2D eigenvalue weighted by molar-refractivity contribution is 7.83. The summed E-state index contributed by atoms with van der Waals surface area (Å²) in [7, 11) is 0. The first-order valence-electron chi connectivity index (χ1n) is 7.34. The largest absolute Gasteiger partial charge is 0.346 e. The Morgan fingerprint density at radius 2 is 2.30 bits per heavy atom. The molecule has 1 aliphatic rings. The van der Waals surface area contributed by atoms with Crippen LogP contribution >= 0.6 is 24.0 Å². The second-order valence-corrected chi connectivity index (χ2v) is 7.57. The van der Waals surface area contributed by atoms with Crippen molar-refractivity contribution in [2.45, 2.75) is 23.6 Å². The highest BCUT2D eigenvalue weighted by atomic mass is 32.2. The van der Waals surface area contributed by atoms with E-state index in [0.29, 0.717) is 16.6 Å². The van der Waals surface area contributed by atoms with E-state index in [2.05, 4.69) is 22.9 Å². The Hall–Kier alpha value is -1.86. The number of thiazole rings is 1. The molecule has 0 spiro atoms. The molecular weight excluding hydrogens is 333 g/mol. The number of anilines is 1. The highest BCUT2D eigenvalue weighted by Gasteiger charge is 2.24. The number of fused-ring (bicyclic) bond motifs is 1. The number of benzene rings is 1. The van der Waals surface area contributed by atoms with E-state index < -0.39 is 0 Å². The second kappa shape index (κ2) is 5.65.